The van der Waals surface area contributed by atoms with Gasteiger partial charge in [0.1, 0.15) is 0 Å². The fraction of sp³-hybridized carbons (Fsp3) is 0.417. The molecule has 1 heterocycles. The van der Waals surface area contributed by atoms with Crippen molar-refractivity contribution >= 4 is 0 Å². The Kier molecular flexibility index (Phi) is 4.09. The molecule has 0 saturated heterocycles. The first-order chi connectivity index (χ1) is 6.74. The zero-order chi connectivity index (χ0) is 10.4. The van der Waals surface area contributed by atoms with E-state index < -0.39 is 0 Å². The fourth-order valence-corrected chi connectivity index (χ4v) is 1.41. The highest BCUT2D eigenvalue weighted by Gasteiger charge is 2.04. The zero-order valence-corrected chi connectivity index (χ0v) is 8.93. The molecule has 0 spiro atoms. The molecular formula is C12H18N2. The first kappa shape index (κ1) is 10.7. The predicted octanol–water partition coefficient (Wildman–Crippen LogP) is 2.22. The number of hydrogen-bond donors (Lipinski definition) is 2. The summed E-state index contributed by atoms with van der Waals surface area (Å²) in [5.41, 5.74) is 12.1. The van der Waals surface area contributed by atoms with Crippen molar-refractivity contribution in [1.82, 2.24) is 5.32 Å². The van der Waals surface area contributed by atoms with Gasteiger partial charge in [0.25, 0.3) is 0 Å². The summed E-state index contributed by atoms with van der Waals surface area (Å²) in [6.07, 6.45) is 7.80. The van der Waals surface area contributed by atoms with Crippen LogP contribution in [-0.4, -0.2) is 6.54 Å². The second-order valence-corrected chi connectivity index (χ2v) is 3.56. The Balaban J connectivity index is 2.81. The maximum atomic E-state index is 5.28. The summed E-state index contributed by atoms with van der Waals surface area (Å²) in [5.74, 6) is 0. The van der Waals surface area contributed by atoms with Crippen molar-refractivity contribution in [1.29, 1.82) is 0 Å². The molecule has 14 heavy (non-hydrogen) atoms. The topological polar surface area (TPSA) is 38.0 Å². The first-order valence-electron chi connectivity index (χ1n) is 4.99. The number of nitrogens with two attached hydrogens (primary N) is 1. The van der Waals surface area contributed by atoms with E-state index in [2.05, 4.69) is 18.0 Å². The summed E-state index contributed by atoms with van der Waals surface area (Å²) in [6.45, 7) is 5.21. The van der Waals surface area contributed by atoms with Crippen molar-refractivity contribution in [2.75, 3.05) is 6.54 Å². The smallest absolute Gasteiger partial charge is 0.0407 e. The molecule has 1 rings (SSSR count). The molecule has 1 aliphatic heterocycles. The molecule has 0 aromatic rings. The maximum Gasteiger partial charge on any atom is 0.0407 e. The average molecular weight is 190 g/mol. The molecule has 1 aliphatic rings. The molecule has 0 saturated carbocycles. The summed E-state index contributed by atoms with van der Waals surface area (Å²) in [6, 6.07) is 0. The van der Waals surface area contributed by atoms with Crippen LogP contribution >= 0.6 is 0 Å². The zero-order valence-electron chi connectivity index (χ0n) is 8.93. The van der Waals surface area contributed by atoms with Gasteiger partial charge in [-0.05, 0) is 50.1 Å². The normalized spacial score (nSPS) is 16.4. The Bertz CT molecular complexity index is 315. The van der Waals surface area contributed by atoms with Gasteiger partial charge in [-0.2, -0.15) is 0 Å². The van der Waals surface area contributed by atoms with Gasteiger partial charge in [-0.1, -0.05) is 0 Å². The third-order valence-electron chi connectivity index (χ3n) is 2.29. The minimum Gasteiger partial charge on any atom is -0.405 e. The monoisotopic (exact) mass is 190 g/mol. The molecule has 0 aliphatic carbocycles. The molecule has 0 aromatic carbocycles. The quantitative estimate of drug-likeness (QED) is 0.517. The highest BCUT2D eigenvalue weighted by Crippen LogP contribution is 2.13. The van der Waals surface area contributed by atoms with Crippen molar-refractivity contribution in [2.24, 2.45) is 5.73 Å². The Morgan fingerprint density at radius 3 is 3.00 bits per heavy atom. The van der Waals surface area contributed by atoms with E-state index >= 15 is 0 Å². The van der Waals surface area contributed by atoms with Crippen molar-refractivity contribution in [2.45, 2.75) is 26.7 Å². The minimum absolute atomic E-state index is 1.04. The number of nitrogens with one attached hydrogen (secondary N) is 1. The molecule has 0 fully saturated rings. The molecule has 76 valence electrons. The van der Waals surface area contributed by atoms with Gasteiger partial charge in [-0.15, -0.1) is 5.73 Å². The summed E-state index contributed by atoms with van der Waals surface area (Å²) in [4.78, 5) is 0. The molecular weight excluding hydrogens is 172 g/mol. The highest BCUT2D eigenvalue weighted by molar-refractivity contribution is 5.27. The summed E-state index contributed by atoms with van der Waals surface area (Å²) < 4.78 is 0. The van der Waals surface area contributed by atoms with E-state index in [1.807, 2.05) is 19.1 Å². The Morgan fingerprint density at radius 2 is 2.36 bits per heavy atom. The van der Waals surface area contributed by atoms with Crippen LogP contribution in [0.3, 0.4) is 0 Å². The molecule has 0 unspecified atom stereocenters. The van der Waals surface area contributed by atoms with Gasteiger partial charge in [0.2, 0.25) is 0 Å². The SMILES string of the molecule is CC(=C=CC1=C(C)CCCN1)/C=C/N. The van der Waals surface area contributed by atoms with Crippen molar-refractivity contribution < 1.29 is 0 Å². The molecule has 0 bridgehead atoms. The summed E-state index contributed by atoms with van der Waals surface area (Å²) >= 11 is 0. The second kappa shape index (κ2) is 5.36. The lowest BCUT2D eigenvalue weighted by atomic mass is 10.1. The van der Waals surface area contributed by atoms with E-state index in [1.54, 1.807) is 0 Å². The first-order valence-corrected chi connectivity index (χ1v) is 4.99. The largest absolute Gasteiger partial charge is 0.405 e. The van der Waals surface area contributed by atoms with Gasteiger partial charge in [0.15, 0.2) is 0 Å². The van der Waals surface area contributed by atoms with Crippen LogP contribution in [0.4, 0.5) is 0 Å². The van der Waals surface area contributed by atoms with Crippen LogP contribution < -0.4 is 11.1 Å². The van der Waals surface area contributed by atoms with Crippen molar-refractivity contribution in [3.63, 3.8) is 0 Å². The van der Waals surface area contributed by atoms with Gasteiger partial charge >= 0.3 is 0 Å². The predicted molar refractivity (Wildman–Crippen MR) is 60.5 cm³/mol. The van der Waals surface area contributed by atoms with Crippen LogP contribution in [0.2, 0.25) is 0 Å². The lowest BCUT2D eigenvalue weighted by Gasteiger charge is -2.16. The third kappa shape index (κ3) is 3.15. The van der Waals surface area contributed by atoms with Crippen LogP contribution in [0.5, 0.6) is 0 Å². The van der Waals surface area contributed by atoms with Gasteiger partial charge in [-0.25, -0.2) is 0 Å². The maximum absolute atomic E-state index is 5.28. The van der Waals surface area contributed by atoms with Crippen LogP contribution in [0.1, 0.15) is 26.7 Å². The highest BCUT2D eigenvalue weighted by atomic mass is 14.9. The van der Waals surface area contributed by atoms with Crippen LogP contribution in [-0.2, 0) is 0 Å². The van der Waals surface area contributed by atoms with E-state index in [-0.39, 0.29) is 0 Å². The van der Waals surface area contributed by atoms with E-state index in [4.69, 9.17) is 5.73 Å². The summed E-state index contributed by atoms with van der Waals surface area (Å²) in [7, 11) is 0. The standard InChI is InChI=1S/C12H18N2/c1-10(7-8-13)5-6-12-11(2)4-3-9-14-12/h6-8,14H,3-4,9,13H2,1-2H3/b8-7+. The number of allylic oxidation sites excluding steroid dienone is 3. The summed E-state index contributed by atoms with van der Waals surface area (Å²) in [5, 5.41) is 3.36. The van der Waals surface area contributed by atoms with Gasteiger partial charge < -0.3 is 11.1 Å². The molecule has 0 aromatic heterocycles. The lowest BCUT2D eigenvalue weighted by Crippen LogP contribution is -2.19. The molecule has 0 atom stereocenters. The van der Waals surface area contributed by atoms with E-state index in [0.717, 1.165) is 12.1 Å². The Morgan fingerprint density at radius 1 is 1.57 bits per heavy atom. The molecule has 3 N–H and O–H groups in total. The van der Waals surface area contributed by atoms with Gasteiger partial charge in [0.05, 0.1) is 0 Å². The second-order valence-electron chi connectivity index (χ2n) is 3.56. The Hall–Kier alpha value is -1.40. The van der Waals surface area contributed by atoms with Crippen molar-refractivity contribution in [3.8, 4) is 0 Å². The van der Waals surface area contributed by atoms with Crippen LogP contribution in [0, 0.1) is 0 Å². The van der Waals surface area contributed by atoms with Crippen molar-refractivity contribution in [3.05, 3.63) is 40.9 Å². The van der Waals surface area contributed by atoms with Gasteiger partial charge in [-0.3, -0.25) is 0 Å². The van der Waals surface area contributed by atoms with Crippen LogP contribution in [0.25, 0.3) is 0 Å². The third-order valence-corrected chi connectivity index (χ3v) is 2.29. The Labute approximate surface area is 85.9 Å². The molecule has 2 nitrogen and oxygen atoms in total. The lowest BCUT2D eigenvalue weighted by molar-refractivity contribution is 0.675. The number of hydrogen-bond acceptors (Lipinski definition) is 2. The fourth-order valence-electron chi connectivity index (χ4n) is 1.41. The van der Waals surface area contributed by atoms with E-state index in [9.17, 15) is 0 Å². The molecule has 2 heteroatoms. The van der Waals surface area contributed by atoms with Gasteiger partial charge in [0, 0.05) is 18.3 Å². The average Bonchev–Trinajstić information content (AvgIpc) is 2.17. The van der Waals surface area contributed by atoms with E-state index in [1.165, 1.54) is 30.3 Å². The molecule has 0 amide bonds. The molecule has 0 radical (unpaired) electrons. The number of rotatable bonds is 2. The van der Waals surface area contributed by atoms with E-state index in [0.29, 0.717) is 0 Å². The van der Waals surface area contributed by atoms with Crippen LogP contribution in [0.15, 0.2) is 40.9 Å². The minimum atomic E-state index is 1.04.